The molecule has 0 unspecified atom stereocenters. The third-order valence-electron chi connectivity index (χ3n) is 5.78. The average Bonchev–Trinajstić information content (AvgIpc) is 3.24. The summed E-state index contributed by atoms with van der Waals surface area (Å²) in [5.41, 5.74) is 3.09. The monoisotopic (exact) mass is 487 g/mol. The maximum absolute atomic E-state index is 13.1. The molecule has 0 aliphatic heterocycles. The highest BCUT2D eigenvalue weighted by atomic mass is 19.4. The van der Waals surface area contributed by atoms with Gasteiger partial charge in [0.25, 0.3) is 0 Å². The molecule has 8 heteroatoms. The molecule has 2 heterocycles. The number of nitrogens with one attached hydrogen (secondary N) is 2. The molecule has 0 atom stereocenters. The van der Waals surface area contributed by atoms with Crippen molar-refractivity contribution >= 4 is 33.8 Å². The van der Waals surface area contributed by atoms with Gasteiger partial charge in [0, 0.05) is 27.9 Å². The fourth-order valence-electron chi connectivity index (χ4n) is 4.05. The summed E-state index contributed by atoms with van der Waals surface area (Å²) < 4.78 is 39.2. The van der Waals surface area contributed by atoms with E-state index in [0.717, 1.165) is 28.4 Å². The molecule has 0 saturated heterocycles. The summed E-state index contributed by atoms with van der Waals surface area (Å²) in [6.07, 6.45) is -1.49. The van der Waals surface area contributed by atoms with Crippen LogP contribution in [0.3, 0.4) is 0 Å². The SMILES string of the molecule is O=C(/C=C/c1cccc(O)c1)NCc1cc2c([nH]c3ccccc32)c(-c2ccc(C(F)(F)F)cc2)n1. The molecule has 0 saturated carbocycles. The lowest BCUT2D eigenvalue weighted by molar-refractivity contribution is -0.137. The lowest BCUT2D eigenvalue weighted by Crippen LogP contribution is -2.21. The molecule has 5 rings (SSSR count). The molecule has 1 amide bonds. The molecule has 36 heavy (non-hydrogen) atoms. The van der Waals surface area contributed by atoms with Gasteiger partial charge in [0.1, 0.15) is 5.75 Å². The zero-order valence-electron chi connectivity index (χ0n) is 18.8. The van der Waals surface area contributed by atoms with Crippen molar-refractivity contribution in [1.29, 1.82) is 0 Å². The molecule has 0 spiro atoms. The van der Waals surface area contributed by atoms with E-state index >= 15 is 0 Å². The Balaban J connectivity index is 1.48. The molecule has 3 aromatic carbocycles. The Morgan fingerprint density at radius 3 is 2.50 bits per heavy atom. The lowest BCUT2D eigenvalue weighted by atomic mass is 10.0. The molecule has 5 aromatic rings. The van der Waals surface area contributed by atoms with E-state index in [0.29, 0.717) is 28.0 Å². The number of benzene rings is 3. The number of fused-ring (bicyclic) bond motifs is 3. The van der Waals surface area contributed by atoms with Crippen molar-refractivity contribution in [3.8, 4) is 17.0 Å². The molecule has 0 radical (unpaired) electrons. The Bertz CT molecular complexity index is 1600. The van der Waals surface area contributed by atoms with Gasteiger partial charge in [-0.1, -0.05) is 42.5 Å². The van der Waals surface area contributed by atoms with Crippen LogP contribution >= 0.6 is 0 Å². The summed E-state index contributed by atoms with van der Waals surface area (Å²) in [6.45, 7) is 0.117. The first kappa shape index (κ1) is 23.2. The van der Waals surface area contributed by atoms with Crippen LogP contribution < -0.4 is 5.32 Å². The van der Waals surface area contributed by atoms with Gasteiger partial charge in [0.2, 0.25) is 5.91 Å². The third-order valence-corrected chi connectivity index (χ3v) is 5.78. The number of hydrogen-bond donors (Lipinski definition) is 3. The van der Waals surface area contributed by atoms with Gasteiger partial charge in [-0.05, 0) is 48.0 Å². The Labute approximate surface area is 203 Å². The van der Waals surface area contributed by atoms with Gasteiger partial charge in [-0.15, -0.1) is 0 Å². The predicted molar refractivity (Wildman–Crippen MR) is 133 cm³/mol. The fraction of sp³-hybridized carbons (Fsp3) is 0.0714. The zero-order chi connectivity index (χ0) is 25.3. The van der Waals surface area contributed by atoms with Crippen molar-refractivity contribution < 1.29 is 23.1 Å². The summed E-state index contributed by atoms with van der Waals surface area (Å²) in [5.74, 6) is -0.250. The average molecular weight is 487 g/mol. The number of phenols is 1. The molecule has 2 aromatic heterocycles. The highest BCUT2D eigenvalue weighted by Gasteiger charge is 2.30. The number of carbonyl (C=O) groups is 1. The number of hydrogen-bond acceptors (Lipinski definition) is 3. The number of halogens is 3. The zero-order valence-corrected chi connectivity index (χ0v) is 18.8. The molecule has 0 bridgehead atoms. The van der Waals surface area contributed by atoms with E-state index in [2.05, 4.69) is 15.3 Å². The van der Waals surface area contributed by atoms with E-state index in [9.17, 15) is 23.1 Å². The van der Waals surface area contributed by atoms with Crippen LogP contribution in [0.4, 0.5) is 13.2 Å². The minimum Gasteiger partial charge on any atom is -0.508 e. The van der Waals surface area contributed by atoms with Crippen molar-refractivity contribution in [3.63, 3.8) is 0 Å². The maximum Gasteiger partial charge on any atom is 0.416 e. The van der Waals surface area contributed by atoms with Gasteiger partial charge in [-0.25, -0.2) is 4.98 Å². The second-order valence-corrected chi connectivity index (χ2v) is 8.28. The number of carbonyl (C=O) groups excluding carboxylic acids is 1. The van der Waals surface area contributed by atoms with Crippen molar-refractivity contribution in [3.05, 3.63) is 102 Å². The fourth-order valence-corrected chi connectivity index (χ4v) is 4.05. The van der Waals surface area contributed by atoms with E-state index in [1.165, 1.54) is 30.3 Å². The van der Waals surface area contributed by atoms with Crippen LogP contribution in [-0.2, 0) is 17.5 Å². The van der Waals surface area contributed by atoms with Crippen molar-refractivity contribution in [2.75, 3.05) is 0 Å². The number of rotatable bonds is 5. The highest BCUT2D eigenvalue weighted by molar-refractivity contribution is 6.11. The standard InChI is InChI=1S/C28H20F3N3O2/c29-28(30,31)19-11-9-18(10-12-19)26-27-23(22-6-1-2-7-24(22)34-27)15-20(33-26)16-32-25(36)13-8-17-4-3-5-21(35)14-17/h1-15,34-35H,16H2,(H,32,36)/b13-8+. The Morgan fingerprint density at radius 2 is 1.75 bits per heavy atom. The minimum atomic E-state index is -4.43. The number of aromatic amines is 1. The Kier molecular flexibility index (Phi) is 5.93. The molecule has 3 N–H and O–H groups in total. The minimum absolute atomic E-state index is 0.101. The summed E-state index contributed by atoms with van der Waals surface area (Å²) in [6, 6.07) is 20.9. The van der Waals surface area contributed by atoms with Gasteiger partial charge in [-0.2, -0.15) is 13.2 Å². The van der Waals surface area contributed by atoms with Gasteiger partial charge in [0.05, 0.1) is 29.0 Å². The highest BCUT2D eigenvalue weighted by Crippen LogP contribution is 2.35. The van der Waals surface area contributed by atoms with Crippen LogP contribution in [-0.4, -0.2) is 21.0 Å². The molecule has 0 aliphatic rings. The second-order valence-electron chi connectivity index (χ2n) is 8.28. The number of H-pyrrole nitrogens is 1. The molecule has 180 valence electrons. The number of aromatic nitrogens is 2. The lowest BCUT2D eigenvalue weighted by Gasteiger charge is -2.10. The maximum atomic E-state index is 13.1. The topological polar surface area (TPSA) is 78.0 Å². The van der Waals surface area contributed by atoms with E-state index < -0.39 is 11.7 Å². The Morgan fingerprint density at radius 1 is 0.972 bits per heavy atom. The summed E-state index contributed by atoms with van der Waals surface area (Å²) in [4.78, 5) is 20.4. The normalized spacial score (nSPS) is 12.0. The van der Waals surface area contributed by atoms with Crippen molar-refractivity contribution in [2.24, 2.45) is 0 Å². The molecule has 5 nitrogen and oxygen atoms in total. The number of amides is 1. The van der Waals surface area contributed by atoms with Gasteiger partial charge in [-0.3, -0.25) is 4.79 Å². The van der Waals surface area contributed by atoms with Crippen LogP contribution in [0.25, 0.3) is 39.1 Å². The van der Waals surface area contributed by atoms with Crippen LogP contribution in [0.15, 0.2) is 84.9 Å². The summed E-state index contributed by atoms with van der Waals surface area (Å²) >= 11 is 0. The number of pyridine rings is 1. The predicted octanol–water partition coefficient (Wildman–Crippen LogP) is 6.44. The molecular weight excluding hydrogens is 467 g/mol. The number of aromatic hydroxyl groups is 1. The van der Waals surface area contributed by atoms with E-state index in [4.69, 9.17) is 0 Å². The molecule has 0 aliphatic carbocycles. The number of phenolic OH excluding ortho intramolecular Hbond substituents is 1. The van der Waals surface area contributed by atoms with E-state index in [1.807, 2.05) is 30.3 Å². The van der Waals surface area contributed by atoms with Gasteiger partial charge < -0.3 is 15.4 Å². The number of nitrogens with zero attached hydrogens (tertiary/aromatic N) is 1. The second kappa shape index (κ2) is 9.22. The Hall–Kier alpha value is -4.59. The first-order valence-electron chi connectivity index (χ1n) is 11.1. The summed E-state index contributed by atoms with van der Waals surface area (Å²) in [7, 11) is 0. The first-order chi connectivity index (χ1) is 17.3. The first-order valence-corrected chi connectivity index (χ1v) is 11.1. The van der Waals surface area contributed by atoms with Crippen molar-refractivity contribution in [1.82, 2.24) is 15.3 Å². The van der Waals surface area contributed by atoms with Crippen LogP contribution in [0.1, 0.15) is 16.8 Å². The van der Waals surface area contributed by atoms with Crippen LogP contribution in [0.5, 0.6) is 5.75 Å². The van der Waals surface area contributed by atoms with Gasteiger partial charge in [0.15, 0.2) is 0 Å². The smallest absolute Gasteiger partial charge is 0.416 e. The van der Waals surface area contributed by atoms with Crippen molar-refractivity contribution in [2.45, 2.75) is 12.7 Å². The van der Waals surface area contributed by atoms with Gasteiger partial charge >= 0.3 is 6.18 Å². The third kappa shape index (κ3) is 4.79. The van der Waals surface area contributed by atoms with E-state index in [1.54, 1.807) is 18.2 Å². The number of alkyl halides is 3. The largest absolute Gasteiger partial charge is 0.508 e. The molecule has 0 fully saturated rings. The van der Waals surface area contributed by atoms with E-state index in [-0.39, 0.29) is 18.2 Å². The summed E-state index contributed by atoms with van der Waals surface area (Å²) in [5, 5.41) is 14.1. The van der Waals surface area contributed by atoms with Crippen LogP contribution in [0, 0.1) is 0 Å². The van der Waals surface area contributed by atoms with Crippen LogP contribution in [0.2, 0.25) is 0 Å². The molecular formula is C28H20F3N3O2. The quantitative estimate of drug-likeness (QED) is 0.250. The number of para-hydroxylation sites is 1.